The number of furan rings is 1. The van der Waals surface area contributed by atoms with Crippen molar-refractivity contribution in [1.82, 2.24) is 5.43 Å². The molecule has 2 aromatic carbocycles. The molecule has 0 spiro atoms. The minimum absolute atomic E-state index is 0.0190. The number of benzene rings is 2. The van der Waals surface area contributed by atoms with Crippen LogP contribution in [0.15, 0.2) is 58.0 Å². The maximum absolute atomic E-state index is 12.0. The van der Waals surface area contributed by atoms with Crippen molar-refractivity contribution in [2.45, 2.75) is 13.8 Å². The molecule has 0 aliphatic heterocycles. The molecule has 3 rings (SSSR count). The SMILES string of the molecule is Cc1cc([N+](=O)[O-])cc(C)c1OCC(=O)N/N=C/c1ccc(-c2ccc(I)cc2)o1. The number of carbonyl (C=O) groups is 1. The average Bonchev–Trinajstić information content (AvgIpc) is 3.16. The molecular formula is C21H18IN3O5. The second-order valence-corrected chi connectivity index (χ2v) is 7.70. The maximum atomic E-state index is 12.0. The first-order valence-corrected chi connectivity index (χ1v) is 9.97. The third-order valence-electron chi connectivity index (χ3n) is 4.14. The summed E-state index contributed by atoms with van der Waals surface area (Å²) >= 11 is 2.23. The van der Waals surface area contributed by atoms with E-state index in [0.29, 0.717) is 28.4 Å². The first-order valence-electron chi connectivity index (χ1n) is 8.89. The summed E-state index contributed by atoms with van der Waals surface area (Å²) in [5.41, 5.74) is 4.45. The van der Waals surface area contributed by atoms with E-state index in [9.17, 15) is 14.9 Å². The molecule has 0 saturated carbocycles. The summed E-state index contributed by atoms with van der Waals surface area (Å²) in [6.45, 7) is 3.10. The number of halogens is 1. The number of ether oxygens (including phenoxy) is 1. The third-order valence-corrected chi connectivity index (χ3v) is 4.86. The Morgan fingerprint density at radius 1 is 1.20 bits per heavy atom. The number of amides is 1. The van der Waals surface area contributed by atoms with Gasteiger partial charge in [-0.1, -0.05) is 12.1 Å². The van der Waals surface area contributed by atoms with Gasteiger partial charge in [0.05, 0.1) is 11.1 Å². The molecule has 9 heteroatoms. The summed E-state index contributed by atoms with van der Waals surface area (Å²) in [7, 11) is 0. The lowest BCUT2D eigenvalue weighted by molar-refractivity contribution is -0.385. The van der Waals surface area contributed by atoms with E-state index >= 15 is 0 Å². The van der Waals surface area contributed by atoms with Gasteiger partial charge in [0.15, 0.2) is 6.61 Å². The van der Waals surface area contributed by atoms with Gasteiger partial charge in [-0.3, -0.25) is 14.9 Å². The van der Waals surface area contributed by atoms with E-state index in [1.165, 1.54) is 18.3 Å². The van der Waals surface area contributed by atoms with Crippen molar-refractivity contribution in [2.24, 2.45) is 5.10 Å². The molecule has 0 bridgehead atoms. The predicted octanol–water partition coefficient (Wildman–Crippen LogP) is 4.61. The zero-order valence-electron chi connectivity index (χ0n) is 16.2. The molecule has 1 amide bonds. The van der Waals surface area contributed by atoms with Crippen molar-refractivity contribution in [2.75, 3.05) is 6.61 Å². The van der Waals surface area contributed by atoms with Crippen LogP contribution in [0.5, 0.6) is 5.75 Å². The molecule has 1 heterocycles. The van der Waals surface area contributed by atoms with Crippen LogP contribution in [-0.4, -0.2) is 23.7 Å². The first kappa shape index (κ1) is 21.5. The Labute approximate surface area is 186 Å². The van der Waals surface area contributed by atoms with Gasteiger partial charge in [-0.2, -0.15) is 5.10 Å². The fourth-order valence-electron chi connectivity index (χ4n) is 2.79. The van der Waals surface area contributed by atoms with Crippen LogP contribution in [0, 0.1) is 27.5 Å². The number of rotatable bonds is 7. The number of nitrogens with one attached hydrogen (secondary N) is 1. The van der Waals surface area contributed by atoms with Crippen LogP contribution in [0.1, 0.15) is 16.9 Å². The van der Waals surface area contributed by atoms with Gasteiger partial charge in [0, 0.05) is 21.3 Å². The van der Waals surface area contributed by atoms with E-state index in [4.69, 9.17) is 9.15 Å². The van der Waals surface area contributed by atoms with Crippen molar-refractivity contribution in [3.8, 4) is 17.1 Å². The van der Waals surface area contributed by atoms with Gasteiger partial charge in [-0.25, -0.2) is 5.43 Å². The number of nitro benzene ring substituents is 1. The maximum Gasteiger partial charge on any atom is 0.277 e. The fourth-order valence-corrected chi connectivity index (χ4v) is 3.15. The molecular weight excluding hydrogens is 501 g/mol. The summed E-state index contributed by atoms with van der Waals surface area (Å²) in [5, 5.41) is 14.8. The van der Waals surface area contributed by atoms with E-state index < -0.39 is 10.8 Å². The van der Waals surface area contributed by atoms with Crippen LogP contribution in [0.25, 0.3) is 11.3 Å². The molecule has 8 nitrogen and oxygen atoms in total. The highest BCUT2D eigenvalue weighted by molar-refractivity contribution is 14.1. The second-order valence-electron chi connectivity index (χ2n) is 6.46. The molecule has 154 valence electrons. The Kier molecular flexibility index (Phi) is 6.83. The number of hydrogen-bond acceptors (Lipinski definition) is 6. The number of nitro groups is 1. The molecule has 3 aromatic rings. The zero-order chi connectivity index (χ0) is 21.7. The highest BCUT2D eigenvalue weighted by atomic mass is 127. The van der Waals surface area contributed by atoms with Crippen LogP contribution in [0.3, 0.4) is 0 Å². The van der Waals surface area contributed by atoms with Crippen molar-refractivity contribution >= 4 is 40.4 Å². The summed E-state index contributed by atoms with van der Waals surface area (Å²) in [6, 6.07) is 14.3. The standard InChI is InChI=1S/C21H18IN3O5/c1-13-9-17(25(27)28)10-14(2)21(13)29-12-20(26)24-23-11-18-7-8-19(30-18)15-3-5-16(22)6-4-15/h3-11H,12H2,1-2H3,(H,24,26)/b23-11+. The van der Waals surface area contributed by atoms with E-state index in [1.807, 2.05) is 30.3 Å². The molecule has 0 aliphatic rings. The van der Waals surface area contributed by atoms with Gasteiger partial charge in [-0.15, -0.1) is 0 Å². The Morgan fingerprint density at radius 3 is 2.50 bits per heavy atom. The highest BCUT2D eigenvalue weighted by Gasteiger charge is 2.14. The number of hydrogen-bond donors (Lipinski definition) is 1. The monoisotopic (exact) mass is 519 g/mol. The van der Waals surface area contributed by atoms with E-state index in [2.05, 4.69) is 33.1 Å². The van der Waals surface area contributed by atoms with Crippen LogP contribution >= 0.6 is 22.6 Å². The molecule has 1 N–H and O–H groups in total. The summed E-state index contributed by atoms with van der Waals surface area (Å²) < 4.78 is 12.3. The molecule has 0 atom stereocenters. The number of nitrogens with zero attached hydrogens (tertiary/aromatic N) is 2. The minimum Gasteiger partial charge on any atom is -0.483 e. The summed E-state index contributed by atoms with van der Waals surface area (Å²) in [6.07, 6.45) is 1.40. The zero-order valence-corrected chi connectivity index (χ0v) is 18.4. The lowest BCUT2D eigenvalue weighted by atomic mass is 10.1. The molecule has 0 unspecified atom stereocenters. The van der Waals surface area contributed by atoms with Gasteiger partial charge < -0.3 is 9.15 Å². The van der Waals surface area contributed by atoms with Gasteiger partial charge in [0.1, 0.15) is 17.3 Å². The van der Waals surface area contributed by atoms with Gasteiger partial charge in [0.2, 0.25) is 0 Å². The number of hydrazone groups is 1. The largest absolute Gasteiger partial charge is 0.483 e. The van der Waals surface area contributed by atoms with Crippen LogP contribution in [0.4, 0.5) is 5.69 Å². The molecule has 0 fully saturated rings. The topological polar surface area (TPSA) is 107 Å². The molecule has 0 aliphatic carbocycles. The predicted molar refractivity (Wildman–Crippen MR) is 121 cm³/mol. The highest BCUT2D eigenvalue weighted by Crippen LogP contribution is 2.28. The second kappa shape index (κ2) is 9.53. The fraction of sp³-hybridized carbons (Fsp3) is 0.143. The smallest absolute Gasteiger partial charge is 0.277 e. The van der Waals surface area contributed by atoms with Gasteiger partial charge >= 0.3 is 0 Å². The van der Waals surface area contributed by atoms with Crippen LogP contribution < -0.4 is 10.2 Å². The van der Waals surface area contributed by atoms with Crippen LogP contribution in [-0.2, 0) is 4.79 Å². The Hall–Kier alpha value is -3.21. The average molecular weight is 519 g/mol. The molecule has 0 saturated heterocycles. The van der Waals surface area contributed by atoms with Crippen molar-refractivity contribution < 1.29 is 18.9 Å². The van der Waals surface area contributed by atoms with Crippen LogP contribution in [0.2, 0.25) is 0 Å². The molecule has 0 radical (unpaired) electrons. The minimum atomic E-state index is -0.469. The summed E-state index contributed by atoms with van der Waals surface area (Å²) in [4.78, 5) is 22.4. The molecule has 1 aromatic heterocycles. The Morgan fingerprint density at radius 2 is 1.87 bits per heavy atom. The Bertz CT molecular complexity index is 1080. The van der Waals surface area contributed by atoms with Crippen molar-refractivity contribution in [1.29, 1.82) is 0 Å². The van der Waals surface area contributed by atoms with Crippen molar-refractivity contribution in [3.05, 3.63) is 79.1 Å². The molecule has 30 heavy (non-hydrogen) atoms. The van der Waals surface area contributed by atoms with E-state index in [-0.39, 0.29) is 12.3 Å². The Balaban J connectivity index is 1.55. The lowest BCUT2D eigenvalue weighted by Gasteiger charge is -2.11. The number of carbonyl (C=O) groups excluding carboxylic acids is 1. The van der Waals surface area contributed by atoms with E-state index in [1.54, 1.807) is 19.9 Å². The number of aryl methyl sites for hydroxylation is 2. The van der Waals surface area contributed by atoms with Crippen molar-refractivity contribution in [3.63, 3.8) is 0 Å². The third kappa shape index (κ3) is 5.44. The quantitative estimate of drug-likeness (QED) is 0.213. The normalized spacial score (nSPS) is 10.9. The van der Waals surface area contributed by atoms with Gasteiger partial charge in [0.25, 0.3) is 11.6 Å². The summed E-state index contributed by atoms with van der Waals surface area (Å²) in [5.74, 6) is 1.17. The number of non-ortho nitro benzene ring substituents is 1. The van der Waals surface area contributed by atoms with E-state index in [0.717, 1.165) is 9.13 Å². The van der Waals surface area contributed by atoms with Gasteiger partial charge in [-0.05, 0) is 71.8 Å². The first-order chi connectivity index (χ1) is 14.3. The lowest BCUT2D eigenvalue weighted by Crippen LogP contribution is -2.25.